The fraction of sp³-hybridized carbons (Fsp3) is 0.467. The second-order valence-electron chi connectivity index (χ2n) is 5.22. The second kappa shape index (κ2) is 6.52. The minimum atomic E-state index is -0.986. The largest absolute Gasteiger partial charge is 0.480 e. The molecule has 1 aromatic carbocycles. The number of carbonyl (C=O) groups is 2. The van der Waals surface area contributed by atoms with E-state index in [0.29, 0.717) is 6.42 Å². The maximum absolute atomic E-state index is 12.2. The van der Waals surface area contributed by atoms with E-state index < -0.39 is 12.0 Å². The van der Waals surface area contributed by atoms with Gasteiger partial charge < -0.3 is 15.7 Å². The van der Waals surface area contributed by atoms with Gasteiger partial charge in [0.25, 0.3) is 0 Å². The smallest absolute Gasteiger partial charge is 0.323 e. The van der Waals surface area contributed by atoms with Crippen molar-refractivity contribution in [2.75, 3.05) is 6.54 Å². The summed E-state index contributed by atoms with van der Waals surface area (Å²) in [6.45, 7) is -0.247. The van der Waals surface area contributed by atoms with E-state index in [4.69, 9.17) is 10.8 Å². The molecule has 0 heterocycles. The van der Waals surface area contributed by atoms with Crippen LogP contribution in [0.4, 0.5) is 0 Å². The van der Waals surface area contributed by atoms with Crippen molar-refractivity contribution in [3.05, 3.63) is 35.9 Å². The van der Waals surface area contributed by atoms with E-state index in [2.05, 4.69) is 0 Å². The summed E-state index contributed by atoms with van der Waals surface area (Å²) in [4.78, 5) is 24.4. The number of carboxylic acid groups (broad SMARTS) is 1. The average molecular weight is 276 g/mol. The van der Waals surface area contributed by atoms with E-state index in [1.54, 1.807) is 0 Å². The first kappa shape index (κ1) is 14.5. The van der Waals surface area contributed by atoms with Crippen LogP contribution in [0.15, 0.2) is 30.3 Å². The minimum Gasteiger partial charge on any atom is -0.480 e. The Morgan fingerprint density at radius 2 is 1.95 bits per heavy atom. The van der Waals surface area contributed by atoms with Gasteiger partial charge in [0.1, 0.15) is 6.54 Å². The fourth-order valence-corrected chi connectivity index (χ4v) is 2.22. The van der Waals surface area contributed by atoms with Gasteiger partial charge in [0.2, 0.25) is 5.91 Å². The maximum Gasteiger partial charge on any atom is 0.323 e. The number of carbonyl (C=O) groups excluding carboxylic acids is 1. The molecule has 5 nitrogen and oxygen atoms in total. The van der Waals surface area contributed by atoms with Crippen molar-refractivity contribution in [1.82, 2.24) is 4.90 Å². The molecule has 1 unspecified atom stereocenters. The number of aliphatic carboxylic acids is 1. The molecule has 1 fully saturated rings. The minimum absolute atomic E-state index is 0.0707. The molecule has 3 N–H and O–H groups in total. The molecule has 1 amide bonds. The van der Waals surface area contributed by atoms with Gasteiger partial charge in [-0.3, -0.25) is 9.59 Å². The Hall–Kier alpha value is -1.88. The highest BCUT2D eigenvalue weighted by molar-refractivity contribution is 5.85. The van der Waals surface area contributed by atoms with Gasteiger partial charge in [-0.1, -0.05) is 30.3 Å². The highest BCUT2D eigenvalue weighted by Crippen LogP contribution is 2.27. The van der Waals surface area contributed by atoms with Gasteiger partial charge in [-0.05, 0) is 31.2 Å². The summed E-state index contributed by atoms with van der Waals surface area (Å²) in [5, 5.41) is 8.86. The Balaban J connectivity index is 1.88. The molecule has 2 rings (SSSR count). The van der Waals surface area contributed by atoms with Gasteiger partial charge in [-0.15, -0.1) is 0 Å². The molecule has 1 atom stereocenters. The summed E-state index contributed by atoms with van der Waals surface area (Å²) in [5.74, 6) is -1.23. The van der Waals surface area contributed by atoms with Crippen LogP contribution in [0.2, 0.25) is 0 Å². The van der Waals surface area contributed by atoms with Crippen LogP contribution in [0.1, 0.15) is 24.8 Å². The number of carboxylic acids is 1. The molecule has 20 heavy (non-hydrogen) atoms. The number of benzene rings is 1. The summed E-state index contributed by atoms with van der Waals surface area (Å²) in [5.41, 5.74) is 7.05. The van der Waals surface area contributed by atoms with E-state index in [1.165, 1.54) is 4.90 Å². The molecule has 5 heteroatoms. The lowest BCUT2D eigenvalue weighted by molar-refractivity contribution is -0.145. The van der Waals surface area contributed by atoms with Gasteiger partial charge >= 0.3 is 5.97 Å². The van der Waals surface area contributed by atoms with Gasteiger partial charge in [0.05, 0.1) is 6.04 Å². The molecular formula is C15H20N2O3. The Bertz CT molecular complexity index is 471. The second-order valence-corrected chi connectivity index (χ2v) is 5.22. The van der Waals surface area contributed by atoms with Crippen molar-refractivity contribution >= 4 is 11.9 Å². The highest BCUT2D eigenvalue weighted by Gasteiger charge is 2.35. The Labute approximate surface area is 118 Å². The van der Waals surface area contributed by atoms with E-state index in [9.17, 15) is 9.59 Å². The van der Waals surface area contributed by atoms with Crippen molar-refractivity contribution in [3.8, 4) is 0 Å². The Morgan fingerprint density at radius 3 is 2.50 bits per heavy atom. The van der Waals surface area contributed by atoms with Crippen molar-refractivity contribution in [2.24, 2.45) is 5.73 Å². The molecular weight excluding hydrogens is 256 g/mol. The van der Waals surface area contributed by atoms with Crippen molar-refractivity contribution in [1.29, 1.82) is 0 Å². The van der Waals surface area contributed by atoms with Crippen LogP contribution in [0.3, 0.4) is 0 Å². The third-order valence-corrected chi connectivity index (χ3v) is 3.48. The molecule has 1 aromatic rings. The van der Waals surface area contributed by atoms with Gasteiger partial charge in [0, 0.05) is 6.04 Å². The lowest BCUT2D eigenvalue weighted by atomic mass is 10.0. The zero-order chi connectivity index (χ0) is 14.5. The summed E-state index contributed by atoms with van der Waals surface area (Å²) in [7, 11) is 0. The first-order valence-corrected chi connectivity index (χ1v) is 6.89. The number of aryl methyl sites for hydroxylation is 1. The highest BCUT2D eigenvalue weighted by atomic mass is 16.4. The molecule has 0 aromatic heterocycles. The Kier molecular flexibility index (Phi) is 4.74. The van der Waals surface area contributed by atoms with E-state index >= 15 is 0 Å². The van der Waals surface area contributed by atoms with E-state index in [0.717, 1.165) is 24.8 Å². The number of hydrogen-bond acceptors (Lipinski definition) is 3. The number of amides is 1. The van der Waals surface area contributed by atoms with Gasteiger partial charge in [-0.25, -0.2) is 0 Å². The lowest BCUT2D eigenvalue weighted by Gasteiger charge is -2.23. The topological polar surface area (TPSA) is 83.6 Å². The average Bonchev–Trinajstić information content (AvgIpc) is 3.27. The molecule has 1 aliphatic rings. The summed E-state index contributed by atoms with van der Waals surface area (Å²) in [6.07, 6.45) is 3.01. The maximum atomic E-state index is 12.2. The predicted octanol–water partition coefficient (Wildman–Crippen LogP) is 1.02. The van der Waals surface area contributed by atoms with Crippen LogP contribution in [0, 0.1) is 0 Å². The third-order valence-electron chi connectivity index (χ3n) is 3.48. The number of rotatable bonds is 7. The van der Waals surface area contributed by atoms with E-state index in [-0.39, 0.29) is 18.5 Å². The summed E-state index contributed by atoms with van der Waals surface area (Å²) in [6, 6.07) is 9.26. The molecule has 0 saturated heterocycles. The summed E-state index contributed by atoms with van der Waals surface area (Å²) < 4.78 is 0. The molecule has 108 valence electrons. The van der Waals surface area contributed by atoms with Crippen molar-refractivity contribution < 1.29 is 14.7 Å². The zero-order valence-electron chi connectivity index (χ0n) is 11.4. The van der Waals surface area contributed by atoms with E-state index in [1.807, 2.05) is 30.3 Å². The van der Waals surface area contributed by atoms with Crippen molar-refractivity contribution in [2.45, 2.75) is 37.8 Å². The quantitative estimate of drug-likeness (QED) is 0.779. The molecule has 0 aliphatic heterocycles. The number of nitrogens with two attached hydrogens (primary N) is 1. The molecule has 0 spiro atoms. The standard InChI is InChI=1S/C15H20N2O3/c16-13(9-6-11-4-2-1-3-5-11)15(20)17(10-14(18)19)12-7-8-12/h1-5,12-13H,6-10,16H2,(H,18,19). The fourth-order valence-electron chi connectivity index (χ4n) is 2.22. The normalized spacial score (nSPS) is 15.7. The predicted molar refractivity (Wildman–Crippen MR) is 75.1 cm³/mol. The first-order valence-electron chi connectivity index (χ1n) is 6.89. The van der Waals surface area contributed by atoms with Crippen LogP contribution in [0.5, 0.6) is 0 Å². The van der Waals surface area contributed by atoms with Crippen LogP contribution in [-0.2, 0) is 16.0 Å². The van der Waals surface area contributed by atoms with Crippen LogP contribution >= 0.6 is 0 Å². The van der Waals surface area contributed by atoms with Crippen LogP contribution < -0.4 is 5.73 Å². The van der Waals surface area contributed by atoms with Crippen molar-refractivity contribution in [3.63, 3.8) is 0 Å². The number of nitrogens with zero attached hydrogens (tertiary/aromatic N) is 1. The molecule has 1 saturated carbocycles. The monoisotopic (exact) mass is 276 g/mol. The first-order chi connectivity index (χ1) is 9.58. The van der Waals surface area contributed by atoms with Crippen LogP contribution in [0.25, 0.3) is 0 Å². The Morgan fingerprint density at radius 1 is 1.30 bits per heavy atom. The third kappa shape index (κ3) is 4.06. The summed E-state index contributed by atoms with van der Waals surface area (Å²) >= 11 is 0. The number of hydrogen-bond donors (Lipinski definition) is 2. The molecule has 0 radical (unpaired) electrons. The van der Waals surface area contributed by atoms with Gasteiger partial charge in [-0.2, -0.15) is 0 Å². The SMILES string of the molecule is NC(CCc1ccccc1)C(=O)N(CC(=O)O)C1CC1. The zero-order valence-corrected chi connectivity index (χ0v) is 11.4. The lowest BCUT2D eigenvalue weighted by Crippen LogP contribution is -2.47. The van der Waals surface area contributed by atoms with Crippen LogP contribution in [-0.4, -0.2) is 40.5 Å². The molecule has 0 bridgehead atoms. The molecule has 1 aliphatic carbocycles. The van der Waals surface area contributed by atoms with Gasteiger partial charge in [0.15, 0.2) is 0 Å².